The van der Waals surface area contributed by atoms with Crippen LogP contribution in [0.2, 0.25) is 0 Å². The van der Waals surface area contributed by atoms with Gasteiger partial charge in [0.2, 0.25) is 0 Å². The van der Waals surface area contributed by atoms with Crippen molar-refractivity contribution in [2.45, 2.75) is 25.9 Å². The zero-order valence-electron chi connectivity index (χ0n) is 8.86. The lowest BCUT2D eigenvalue weighted by molar-refractivity contribution is 0.0900. The van der Waals surface area contributed by atoms with Crippen molar-refractivity contribution in [3.63, 3.8) is 0 Å². The molecular formula is C10H14F2N2O2. The summed E-state index contributed by atoms with van der Waals surface area (Å²) < 4.78 is 25.5. The first-order chi connectivity index (χ1) is 7.54. The lowest BCUT2D eigenvalue weighted by Gasteiger charge is -2.12. The highest BCUT2D eigenvalue weighted by Crippen LogP contribution is 2.06. The van der Waals surface area contributed by atoms with Crippen LogP contribution in [-0.2, 0) is 6.54 Å². The fourth-order valence-electron chi connectivity index (χ4n) is 1.27. The Hall–Kier alpha value is -1.43. The van der Waals surface area contributed by atoms with E-state index >= 15 is 0 Å². The minimum absolute atomic E-state index is 0.167. The maximum atomic E-state index is 12.2. The highest BCUT2D eigenvalue weighted by molar-refractivity contribution is 5.92. The molecule has 0 aromatic carbocycles. The first-order valence-electron chi connectivity index (χ1n) is 4.89. The summed E-state index contributed by atoms with van der Waals surface area (Å²) in [5, 5.41) is 11.2. The van der Waals surface area contributed by atoms with Crippen molar-refractivity contribution in [3.05, 3.63) is 24.0 Å². The number of hydrogen-bond donors (Lipinski definition) is 2. The van der Waals surface area contributed by atoms with Crippen LogP contribution in [0.5, 0.6) is 0 Å². The number of nitrogens with one attached hydrogen (secondary N) is 1. The Morgan fingerprint density at radius 3 is 2.88 bits per heavy atom. The average molecular weight is 232 g/mol. The van der Waals surface area contributed by atoms with Gasteiger partial charge in [0.25, 0.3) is 12.3 Å². The molecule has 0 unspecified atom stereocenters. The van der Waals surface area contributed by atoms with Crippen LogP contribution in [0, 0.1) is 0 Å². The van der Waals surface area contributed by atoms with E-state index in [1.807, 2.05) is 0 Å². The number of carbonyl (C=O) groups is 1. The minimum atomic E-state index is -2.51. The van der Waals surface area contributed by atoms with E-state index in [0.29, 0.717) is 0 Å². The lowest BCUT2D eigenvalue weighted by Crippen LogP contribution is -2.36. The second-order valence-corrected chi connectivity index (χ2v) is 3.49. The van der Waals surface area contributed by atoms with Gasteiger partial charge in [0.15, 0.2) is 0 Å². The second-order valence-electron chi connectivity index (χ2n) is 3.49. The number of halogens is 2. The van der Waals surface area contributed by atoms with Crippen LogP contribution in [0.25, 0.3) is 0 Å². The van der Waals surface area contributed by atoms with E-state index in [9.17, 15) is 13.6 Å². The number of rotatable bonds is 5. The van der Waals surface area contributed by atoms with Gasteiger partial charge in [-0.25, -0.2) is 8.78 Å². The van der Waals surface area contributed by atoms with Crippen LogP contribution in [0.4, 0.5) is 8.78 Å². The SMILES string of the molecule is C[C@@H](CO)NC(=O)c1cccn1CC(F)F. The molecule has 1 rings (SSSR count). The molecule has 1 heterocycles. The molecule has 0 radical (unpaired) electrons. The van der Waals surface area contributed by atoms with E-state index in [0.717, 1.165) is 0 Å². The highest BCUT2D eigenvalue weighted by Gasteiger charge is 2.15. The van der Waals surface area contributed by atoms with Crippen LogP contribution in [0.15, 0.2) is 18.3 Å². The topological polar surface area (TPSA) is 54.3 Å². The van der Waals surface area contributed by atoms with Gasteiger partial charge in [-0.05, 0) is 19.1 Å². The lowest BCUT2D eigenvalue weighted by atomic mass is 10.3. The van der Waals surface area contributed by atoms with Crippen molar-refractivity contribution in [2.24, 2.45) is 0 Å². The molecule has 2 N–H and O–H groups in total. The van der Waals surface area contributed by atoms with Crippen LogP contribution in [0.1, 0.15) is 17.4 Å². The molecule has 16 heavy (non-hydrogen) atoms. The largest absolute Gasteiger partial charge is 0.394 e. The number of hydrogen-bond acceptors (Lipinski definition) is 2. The molecule has 0 saturated heterocycles. The summed E-state index contributed by atoms with van der Waals surface area (Å²) >= 11 is 0. The third-order valence-corrected chi connectivity index (χ3v) is 2.05. The van der Waals surface area contributed by atoms with Gasteiger partial charge in [-0.15, -0.1) is 0 Å². The molecule has 0 spiro atoms. The quantitative estimate of drug-likeness (QED) is 0.791. The smallest absolute Gasteiger partial charge is 0.268 e. The van der Waals surface area contributed by atoms with E-state index in [4.69, 9.17) is 5.11 Å². The molecule has 0 aliphatic carbocycles. The summed E-state index contributed by atoms with van der Waals surface area (Å²) in [6.45, 7) is 0.919. The monoisotopic (exact) mass is 232 g/mol. The van der Waals surface area contributed by atoms with Gasteiger partial charge in [-0.3, -0.25) is 4.79 Å². The number of aliphatic hydroxyl groups is 1. The maximum Gasteiger partial charge on any atom is 0.268 e. The number of nitrogens with zero attached hydrogens (tertiary/aromatic N) is 1. The Balaban J connectivity index is 2.71. The molecule has 0 aliphatic heterocycles. The molecule has 1 aromatic heterocycles. The first kappa shape index (κ1) is 12.6. The molecule has 0 bridgehead atoms. The molecule has 1 amide bonds. The van der Waals surface area contributed by atoms with Crippen molar-refractivity contribution >= 4 is 5.91 Å². The predicted molar refractivity (Wildman–Crippen MR) is 54.5 cm³/mol. The maximum absolute atomic E-state index is 12.2. The molecule has 0 fully saturated rings. The van der Waals surface area contributed by atoms with Crippen LogP contribution < -0.4 is 5.32 Å². The number of alkyl halides is 2. The summed E-state index contributed by atoms with van der Waals surface area (Å²) in [5.74, 6) is -0.466. The Kier molecular flexibility index (Phi) is 4.42. The van der Waals surface area contributed by atoms with Crippen molar-refractivity contribution < 1.29 is 18.7 Å². The minimum Gasteiger partial charge on any atom is -0.394 e. The molecular weight excluding hydrogens is 218 g/mol. The van der Waals surface area contributed by atoms with Crippen molar-refractivity contribution in [1.29, 1.82) is 0 Å². The van der Waals surface area contributed by atoms with Gasteiger partial charge in [-0.1, -0.05) is 0 Å². The number of amides is 1. The number of aliphatic hydroxyl groups excluding tert-OH is 1. The van der Waals surface area contributed by atoms with E-state index < -0.39 is 24.9 Å². The molecule has 1 atom stereocenters. The Morgan fingerprint density at radius 1 is 1.62 bits per heavy atom. The molecule has 90 valence electrons. The van der Waals surface area contributed by atoms with Crippen molar-refractivity contribution in [1.82, 2.24) is 9.88 Å². The first-order valence-corrected chi connectivity index (χ1v) is 4.89. The highest BCUT2D eigenvalue weighted by atomic mass is 19.3. The third kappa shape index (κ3) is 3.30. The van der Waals surface area contributed by atoms with E-state index in [1.54, 1.807) is 6.92 Å². The zero-order valence-corrected chi connectivity index (χ0v) is 8.86. The average Bonchev–Trinajstić information content (AvgIpc) is 2.64. The summed E-state index contributed by atoms with van der Waals surface area (Å²) in [7, 11) is 0. The third-order valence-electron chi connectivity index (χ3n) is 2.05. The predicted octanol–water partition coefficient (Wildman–Crippen LogP) is 0.864. The Labute approximate surface area is 91.9 Å². The summed E-state index contributed by atoms with van der Waals surface area (Å²) in [4.78, 5) is 11.6. The molecule has 6 heteroatoms. The van der Waals surface area contributed by atoms with E-state index in [2.05, 4.69) is 5.32 Å². The van der Waals surface area contributed by atoms with Crippen LogP contribution in [-0.4, -0.2) is 34.7 Å². The van der Waals surface area contributed by atoms with Gasteiger partial charge in [0.05, 0.1) is 13.2 Å². The summed E-state index contributed by atoms with van der Waals surface area (Å²) in [6, 6.07) is 2.59. The molecule has 4 nitrogen and oxygen atoms in total. The van der Waals surface area contributed by atoms with Crippen molar-refractivity contribution in [3.8, 4) is 0 Å². The Bertz CT molecular complexity index is 352. The van der Waals surface area contributed by atoms with E-state index in [1.165, 1.54) is 22.9 Å². The normalized spacial score (nSPS) is 12.8. The van der Waals surface area contributed by atoms with Crippen molar-refractivity contribution in [2.75, 3.05) is 6.61 Å². The number of carbonyl (C=O) groups excluding carboxylic acids is 1. The fourth-order valence-corrected chi connectivity index (χ4v) is 1.27. The van der Waals surface area contributed by atoms with Crippen LogP contribution >= 0.6 is 0 Å². The van der Waals surface area contributed by atoms with E-state index in [-0.39, 0.29) is 12.3 Å². The van der Waals surface area contributed by atoms with Gasteiger partial charge >= 0.3 is 0 Å². The number of aromatic nitrogens is 1. The standard InChI is InChI=1S/C10H14F2N2O2/c1-7(6-15)13-10(16)8-3-2-4-14(8)5-9(11)12/h2-4,7,9,15H,5-6H2,1H3,(H,13,16)/t7-/m0/s1. The van der Waals surface area contributed by atoms with Gasteiger partial charge < -0.3 is 15.0 Å². The molecule has 0 aliphatic rings. The molecule has 1 aromatic rings. The van der Waals surface area contributed by atoms with Gasteiger partial charge in [0.1, 0.15) is 5.69 Å². The van der Waals surface area contributed by atoms with Gasteiger partial charge in [0, 0.05) is 12.2 Å². The Morgan fingerprint density at radius 2 is 2.31 bits per heavy atom. The summed E-state index contributed by atoms with van der Waals surface area (Å²) in [6.07, 6.45) is -1.08. The zero-order chi connectivity index (χ0) is 12.1. The van der Waals surface area contributed by atoms with Gasteiger partial charge in [-0.2, -0.15) is 0 Å². The summed E-state index contributed by atoms with van der Waals surface area (Å²) in [5.41, 5.74) is 0.167. The second kappa shape index (κ2) is 5.60. The van der Waals surface area contributed by atoms with Crippen LogP contribution in [0.3, 0.4) is 0 Å². The molecule has 0 saturated carbocycles. The fraction of sp³-hybridized carbons (Fsp3) is 0.500.